The minimum Gasteiger partial charge on any atom is -0.366 e. The van der Waals surface area contributed by atoms with Crippen molar-refractivity contribution in [1.29, 1.82) is 0 Å². The molecule has 0 aliphatic heterocycles. The van der Waals surface area contributed by atoms with E-state index >= 15 is 0 Å². The number of aromatic nitrogens is 4. The second-order valence-corrected chi connectivity index (χ2v) is 6.11. The Labute approximate surface area is 150 Å². The first kappa shape index (κ1) is 17.4. The molecule has 0 unspecified atom stereocenters. The van der Waals surface area contributed by atoms with Crippen LogP contribution < -0.4 is 11.5 Å². The number of nitrogens with two attached hydrogens (primary N) is 2. The lowest BCUT2D eigenvalue weighted by molar-refractivity contribution is 0.0986. The molecule has 4 N–H and O–H groups in total. The maximum Gasteiger partial charge on any atom is 0.249 e. The van der Waals surface area contributed by atoms with E-state index in [0.717, 1.165) is 11.6 Å². The van der Waals surface area contributed by atoms with Crippen molar-refractivity contribution in [2.24, 2.45) is 25.6 Å². The van der Waals surface area contributed by atoms with Crippen LogP contribution in [-0.4, -0.2) is 30.9 Å². The lowest BCUT2D eigenvalue weighted by atomic mass is 9.90. The van der Waals surface area contributed by atoms with E-state index in [1.807, 2.05) is 35.6 Å². The molecule has 0 saturated carbocycles. The molecule has 0 saturated heterocycles. The summed E-state index contributed by atoms with van der Waals surface area (Å²) in [5.41, 5.74) is 13.1. The number of aryl methyl sites for hydroxylation is 2. The molecule has 0 atom stereocenters. The molecule has 0 aliphatic rings. The van der Waals surface area contributed by atoms with Crippen molar-refractivity contribution in [3.8, 4) is 0 Å². The number of benzene rings is 1. The van der Waals surface area contributed by atoms with Crippen LogP contribution in [0, 0.1) is 0 Å². The zero-order valence-electron chi connectivity index (χ0n) is 14.6. The molecule has 0 fully saturated rings. The van der Waals surface area contributed by atoms with E-state index in [-0.39, 0.29) is 0 Å². The van der Waals surface area contributed by atoms with E-state index in [9.17, 15) is 9.59 Å². The number of rotatable bonds is 6. The van der Waals surface area contributed by atoms with Gasteiger partial charge in [-0.05, 0) is 23.3 Å². The number of carbonyl (C=O) groups is 2. The maximum absolute atomic E-state index is 12.0. The van der Waals surface area contributed by atoms with Gasteiger partial charge in [-0.15, -0.1) is 0 Å². The Morgan fingerprint density at radius 1 is 0.846 bits per heavy atom. The van der Waals surface area contributed by atoms with E-state index in [4.69, 9.17) is 11.5 Å². The minimum absolute atomic E-state index is 0.349. The maximum atomic E-state index is 12.0. The van der Waals surface area contributed by atoms with Crippen LogP contribution in [0.25, 0.3) is 0 Å². The fourth-order valence-corrected chi connectivity index (χ4v) is 3.01. The molecular weight excluding hydrogens is 332 g/mol. The molecule has 0 aliphatic carbocycles. The van der Waals surface area contributed by atoms with Gasteiger partial charge >= 0.3 is 0 Å². The van der Waals surface area contributed by atoms with Crippen molar-refractivity contribution in [3.05, 3.63) is 70.8 Å². The van der Waals surface area contributed by atoms with Crippen LogP contribution in [0.3, 0.4) is 0 Å². The molecule has 134 valence electrons. The van der Waals surface area contributed by atoms with Gasteiger partial charge < -0.3 is 20.6 Å². The van der Waals surface area contributed by atoms with Crippen LogP contribution in [0.5, 0.6) is 0 Å². The highest BCUT2D eigenvalue weighted by Gasteiger charge is 2.21. The first-order valence-electron chi connectivity index (χ1n) is 8.05. The molecule has 26 heavy (non-hydrogen) atoms. The fourth-order valence-electron chi connectivity index (χ4n) is 3.01. The normalized spacial score (nSPS) is 10.8. The summed E-state index contributed by atoms with van der Waals surface area (Å²) in [6.45, 7) is 0. The van der Waals surface area contributed by atoms with Crippen LogP contribution in [-0.2, 0) is 26.9 Å². The molecule has 0 radical (unpaired) electrons. The van der Waals surface area contributed by atoms with Gasteiger partial charge in [0.2, 0.25) is 11.8 Å². The summed E-state index contributed by atoms with van der Waals surface area (Å²) in [7, 11) is 3.73. The zero-order valence-corrected chi connectivity index (χ0v) is 14.6. The van der Waals surface area contributed by atoms with Crippen LogP contribution in [0.2, 0.25) is 0 Å². The summed E-state index contributed by atoms with van der Waals surface area (Å²) < 4.78 is 3.71. The average Bonchev–Trinajstić information content (AvgIpc) is 3.17. The summed E-state index contributed by atoms with van der Waals surface area (Å²) in [5, 5.41) is 0. The van der Waals surface area contributed by atoms with E-state index in [1.54, 1.807) is 24.5 Å². The van der Waals surface area contributed by atoms with Gasteiger partial charge in [0.25, 0.3) is 0 Å². The lowest BCUT2D eigenvalue weighted by Gasteiger charge is -2.16. The number of carbonyl (C=O) groups excluding carboxylic acids is 2. The Morgan fingerprint density at radius 2 is 1.23 bits per heavy atom. The van der Waals surface area contributed by atoms with Crippen molar-refractivity contribution in [3.63, 3.8) is 0 Å². The number of primary amides is 2. The largest absolute Gasteiger partial charge is 0.366 e. The SMILES string of the molecule is Cn1ccnc1Cc1c(C(N)=O)ccc(C(N)=O)c1Cc1nccn1C. The third-order valence-electron chi connectivity index (χ3n) is 4.47. The van der Waals surface area contributed by atoms with Crippen LogP contribution in [0.1, 0.15) is 43.5 Å². The summed E-state index contributed by atoms with van der Waals surface area (Å²) in [6.07, 6.45) is 7.68. The van der Waals surface area contributed by atoms with Crippen LogP contribution in [0.15, 0.2) is 36.9 Å². The summed E-state index contributed by atoms with van der Waals surface area (Å²) in [5.74, 6) is 0.364. The second-order valence-electron chi connectivity index (χ2n) is 6.11. The first-order valence-corrected chi connectivity index (χ1v) is 8.05. The highest BCUT2D eigenvalue weighted by Crippen LogP contribution is 2.24. The quantitative estimate of drug-likeness (QED) is 0.672. The Kier molecular flexibility index (Phi) is 4.57. The average molecular weight is 352 g/mol. The highest BCUT2D eigenvalue weighted by atomic mass is 16.1. The van der Waals surface area contributed by atoms with Crippen molar-refractivity contribution < 1.29 is 9.59 Å². The summed E-state index contributed by atoms with van der Waals surface area (Å²) in [4.78, 5) is 32.6. The van der Waals surface area contributed by atoms with E-state index in [1.165, 1.54) is 0 Å². The predicted molar refractivity (Wildman–Crippen MR) is 95.5 cm³/mol. The van der Waals surface area contributed by atoms with Crippen molar-refractivity contribution in [2.45, 2.75) is 12.8 Å². The number of hydrogen-bond donors (Lipinski definition) is 2. The molecule has 3 rings (SSSR count). The van der Waals surface area contributed by atoms with Crippen molar-refractivity contribution >= 4 is 11.8 Å². The molecule has 3 aromatic rings. The van der Waals surface area contributed by atoms with Gasteiger partial charge in [0, 0.05) is 62.9 Å². The third-order valence-corrected chi connectivity index (χ3v) is 4.47. The third kappa shape index (κ3) is 3.21. The fraction of sp³-hybridized carbons (Fsp3) is 0.222. The number of imidazole rings is 2. The molecular formula is C18H20N6O2. The van der Waals surface area contributed by atoms with Gasteiger partial charge in [-0.2, -0.15) is 0 Å². The smallest absolute Gasteiger partial charge is 0.249 e. The molecule has 2 heterocycles. The monoisotopic (exact) mass is 352 g/mol. The molecule has 0 bridgehead atoms. The lowest BCUT2D eigenvalue weighted by Crippen LogP contribution is -2.21. The van der Waals surface area contributed by atoms with Gasteiger partial charge in [0.15, 0.2) is 0 Å². The Bertz CT molecular complexity index is 906. The Hall–Kier alpha value is -3.42. The Balaban J connectivity index is 2.21. The molecule has 8 heteroatoms. The minimum atomic E-state index is -0.564. The summed E-state index contributed by atoms with van der Waals surface area (Å²) >= 11 is 0. The van der Waals surface area contributed by atoms with Crippen molar-refractivity contribution in [1.82, 2.24) is 19.1 Å². The van der Waals surface area contributed by atoms with E-state index in [0.29, 0.717) is 35.1 Å². The van der Waals surface area contributed by atoms with Crippen LogP contribution >= 0.6 is 0 Å². The van der Waals surface area contributed by atoms with Gasteiger partial charge in [-0.3, -0.25) is 9.59 Å². The number of nitrogens with zero attached hydrogens (tertiary/aromatic N) is 4. The second kappa shape index (κ2) is 6.83. The molecule has 2 aromatic heterocycles. The summed E-state index contributed by atoms with van der Waals surface area (Å²) in [6, 6.07) is 3.09. The standard InChI is InChI=1S/C18H20N6O2/c1-23-7-5-21-15(23)9-13-11(17(19)25)3-4-12(18(20)26)14(13)10-16-22-6-8-24(16)2/h3-8H,9-10H2,1-2H3,(H2,19,25)(H2,20,26). The molecule has 0 spiro atoms. The van der Waals surface area contributed by atoms with E-state index < -0.39 is 11.8 Å². The Morgan fingerprint density at radius 3 is 1.50 bits per heavy atom. The predicted octanol–water partition coefficient (Wildman–Crippen LogP) is 0.533. The van der Waals surface area contributed by atoms with Gasteiger partial charge in [0.05, 0.1) is 0 Å². The van der Waals surface area contributed by atoms with Gasteiger partial charge in [-0.1, -0.05) is 0 Å². The number of amides is 2. The zero-order chi connectivity index (χ0) is 18.8. The van der Waals surface area contributed by atoms with Gasteiger partial charge in [0.1, 0.15) is 11.6 Å². The molecule has 2 amide bonds. The highest BCUT2D eigenvalue weighted by molar-refractivity contribution is 5.99. The molecule has 8 nitrogen and oxygen atoms in total. The van der Waals surface area contributed by atoms with Crippen molar-refractivity contribution in [2.75, 3.05) is 0 Å². The first-order chi connectivity index (χ1) is 12.4. The number of hydrogen-bond acceptors (Lipinski definition) is 4. The molecule has 1 aromatic carbocycles. The topological polar surface area (TPSA) is 122 Å². The van der Waals surface area contributed by atoms with Crippen LogP contribution in [0.4, 0.5) is 0 Å². The van der Waals surface area contributed by atoms with Gasteiger partial charge in [-0.25, -0.2) is 9.97 Å². The van der Waals surface area contributed by atoms with E-state index in [2.05, 4.69) is 9.97 Å².